The number of primary amides is 1. The number of aliphatic hydroxyl groups is 1. The Bertz CT molecular complexity index is 915. The van der Waals surface area contributed by atoms with Crippen LogP contribution in [0.2, 0.25) is 0 Å². The number of hydrogen-bond donors (Lipinski definition) is 3. The quantitative estimate of drug-likeness (QED) is 0.579. The number of carbonyl (C=O) groups excluding carboxylic acids is 2. The van der Waals surface area contributed by atoms with Crippen molar-refractivity contribution in [1.82, 2.24) is 5.32 Å². The van der Waals surface area contributed by atoms with E-state index in [1.54, 1.807) is 30.3 Å². The molecule has 1 aliphatic heterocycles. The van der Waals surface area contributed by atoms with E-state index >= 15 is 0 Å². The van der Waals surface area contributed by atoms with Crippen LogP contribution in [-0.2, 0) is 25.3 Å². The minimum atomic E-state index is -1.38. The predicted molar refractivity (Wildman–Crippen MR) is 118 cm³/mol. The van der Waals surface area contributed by atoms with Crippen LogP contribution in [-0.4, -0.2) is 41.3 Å². The lowest BCUT2D eigenvalue weighted by atomic mass is 9.78. The van der Waals surface area contributed by atoms with Gasteiger partial charge >= 0.3 is 7.12 Å². The van der Waals surface area contributed by atoms with Gasteiger partial charge in [0, 0.05) is 6.42 Å². The summed E-state index contributed by atoms with van der Waals surface area (Å²) in [6, 6.07) is 15.0. The van der Waals surface area contributed by atoms with E-state index in [4.69, 9.17) is 15.0 Å². The van der Waals surface area contributed by atoms with Crippen LogP contribution in [0.4, 0.5) is 0 Å². The number of nitrogens with one attached hydrogen (secondary N) is 1. The van der Waals surface area contributed by atoms with Crippen molar-refractivity contribution in [1.29, 1.82) is 0 Å². The number of nitrogens with two attached hydrogens (primary N) is 1. The monoisotopic (exact) mass is 424 g/mol. The average molecular weight is 424 g/mol. The number of carbonyl (C=O) groups is 2. The fourth-order valence-electron chi connectivity index (χ4n) is 3.29. The normalized spacial score (nSPS) is 18.9. The smallest absolute Gasteiger partial charge is 0.399 e. The van der Waals surface area contributed by atoms with Crippen LogP contribution < -0.4 is 16.5 Å². The Morgan fingerprint density at radius 1 is 1.00 bits per heavy atom. The van der Waals surface area contributed by atoms with E-state index in [-0.39, 0.29) is 6.42 Å². The number of hydrogen-bond acceptors (Lipinski definition) is 5. The molecule has 1 fully saturated rings. The van der Waals surface area contributed by atoms with Gasteiger partial charge in [-0.3, -0.25) is 9.59 Å². The van der Waals surface area contributed by atoms with Gasteiger partial charge in [-0.1, -0.05) is 54.6 Å². The van der Waals surface area contributed by atoms with Crippen molar-refractivity contribution < 1.29 is 24.0 Å². The van der Waals surface area contributed by atoms with Gasteiger partial charge in [0.25, 0.3) is 5.91 Å². The molecule has 7 nitrogen and oxygen atoms in total. The summed E-state index contributed by atoms with van der Waals surface area (Å²) in [5.74, 6) is -1.35. The number of rotatable bonds is 7. The van der Waals surface area contributed by atoms with Gasteiger partial charge in [-0.15, -0.1) is 0 Å². The Morgan fingerprint density at radius 2 is 1.55 bits per heavy atom. The van der Waals surface area contributed by atoms with Crippen molar-refractivity contribution in [3.8, 4) is 0 Å². The zero-order valence-electron chi connectivity index (χ0n) is 18.3. The third-order valence-corrected chi connectivity index (χ3v) is 5.97. The predicted octanol–water partition coefficient (Wildman–Crippen LogP) is 1.23. The summed E-state index contributed by atoms with van der Waals surface area (Å²) in [6.45, 7) is 7.97. The van der Waals surface area contributed by atoms with Crippen LogP contribution >= 0.6 is 0 Å². The topological polar surface area (TPSA) is 111 Å². The van der Waals surface area contributed by atoms with E-state index in [0.29, 0.717) is 5.56 Å². The Morgan fingerprint density at radius 3 is 2.06 bits per heavy atom. The third-order valence-electron chi connectivity index (χ3n) is 5.97. The second-order valence-corrected chi connectivity index (χ2v) is 8.81. The molecular formula is C23H29BN2O5. The van der Waals surface area contributed by atoms with Gasteiger partial charge < -0.3 is 25.5 Å². The molecule has 1 heterocycles. The fraction of sp³-hybridized carbons (Fsp3) is 0.391. The third kappa shape index (κ3) is 5.15. The Kier molecular flexibility index (Phi) is 6.55. The van der Waals surface area contributed by atoms with E-state index in [1.165, 1.54) is 0 Å². The lowest BCUT2D eigenvalue weighted by Crippen LogP contribution is -2.47. The fourth-order valence-corrected chi connectivity index (χ4v) is 3.29. The number of benzene rings is 2. The van der Waals surface area contributed by atoms with Gasteiger partial charge in [0.2, 0.25) is 5.91 Å². The maximum atomic E-state index is 12.4. The Labute approximate surface area is 183 Å². The molecule has 2 aromatic carbocycles. The number of aliphatic hydroxyl groups excluding tert-OH is 1. The van der Waals surface area contributed by atoms with Gasteiger partial charge in [-0.2, -0.15) is 0 Å². The highest BCUT2D eigenvalue weighted by Gasteiger charge is 2.51. The maximum Gasteiger partial charge on any atom is 0.494 e. The molecule has 0 aliphatic carbocycles. The van der Waals surface area contributed by atoms with E-state index in [1.807, 2.05) is 52.0 Å². The van der Waals surface area contributed by atoms with Crippen molar-refractivity contribution in [3.05, 3.63) is 65.7 Å². The summed E-state index contributed by atoms with van der Waals surface area (Å²) in [5, 5.41) is 12.8. The van der Waals surface area contributed by atoms with Crippen LogP contribution in [0.3, 0.4) is 0 Å². The van der Waals surface area contributed by atoms with Crippen LogP contribution in [0, 0.1) is 0 Å². The second kappa shape index (κ2) is 8.82. The highest BCUT2D eigenvalue weighted by molar-refractivity contribution is 6.62. The molecule has 8 heteroatoms. The first-order valence-corrected chi connectivity index (χ1v) is 10.3. The Balaban J connectivity index is 1.66. The van der Waals surface area contributed by atoms with Gasteiger partial charge in [-0.25, -0.2) is 0 Å². The first kappa shape index (κ1) is 23.0. The lowest BCUT2D eigenvalue weighted by molar-refractivity contribution is -0.133. The summed E-state index contributed by atoms with van der Waals surface area (Å²) >= 11 is 0. The zero-order chi connectivity index (χ0) is 22.8. The van der Waals surface area contributed by atoms with Crippen molar-refractivity contribution in [3.63, 3.8) is 0 Å². The van der Waals surface area contributed by atoms with Gasteiger partial charge in [0.1, 0.15) is 6.04 Å². The maximum absolute atomic E-state index is 12.4. The molecule has 164 valence electrons. The first-order valence-electron chi connectivity index (χ1n) is 10.3. The molecule has 0 aromatic heterocycles. The molecule has 2 aromatic rings. The van der Waals surface area contributed by atoms with Gasteiger partial charge in [0.15, 0.2) is 6.10 Å². The van der Waals surface area contributed by atoms with E-state index in [2.05, 4.69) is 5.32 Å². The second-order valence-electron chi connectivity index (χ2n) is 8.81. The van der Waals surface area contributed by atoms with Crippen LogP contribution in [0.15, 0.2) is 54.6 Å². The van der Waals surface area contributed by atoms with Crippen molar-refractivity contribution in [2.24, 2.45) is 5.73 Å². The van der Waals surface area contributed by atoms with Gasteiger partial charge in [0.05, 0.1) is 11.2 Å². The van der Waals surface area contributed by atoms with Crippen molar-refractivity contribution in [2.75, 3.05) is 0 Å². The summed E-state index contributed by atoms with van der Waals surface area (Å²) < 4.78 is 12.1. The van der Waals surface area contributed by atoms with Crippen LogP contribution in [0.5, 0.6) is 0 Å². The molecule has 0 saturated carbocycles. The summed E-state index contributed by atoms with van der Waals surface area (Å²) in [6.07, 6.45) is -1.18. The minimum absolute atomic E-state index is 0.201. The molecule has 0 spiro atoms. The summed E-state index contributed by atoms with van der Waals surface area (Å²) in [5.41, 5.74) is 6.73. The SMILES string of the molecule is CC1(C)OB(c2ccc(C[C@H](NC(=O)[C@@H](O)c3ccccc3)C(N)=O)cc2)OC1(C)C. The zero-order valence-corrected chi connectivity index (χ0v) is 18.3. The minimum Gasteiger partial charge on any atom is -0.399 e. The highest BCUT2D eigenvalue weighted by Crippen LogP contribution is 2.36. The largest absolute Gasteiger partial charge is 0.494 e. The highest BCUT2D eigenvalue weighted by atomic mass is 16.7. The molecule has 0 radical (unpaired) electrons. The van der Waals surface area contributed by atoms with E-state index < -0.39 is 42.3 Å². The molecular weight excluding hydrogens is 395 g/mol. The summed E-state index contributed by atoms with van der Waals surface area (Å²) in [4.78, 5) is 24.3. The van der Waals surface area contributed by atoms with Gasteiger partial charge in [-0.05, 0) is 44.3 Å². The van der Waals surface area contributed by atoms with Crippen molar-refractivity contribution >= 4 is 24.4 Å². The first-order chi connectivity index (χ1) is 14.5. The molecule has 1 aliphatic rings. The molecule has 0 unspecified atom stereocenters. The molecule has 2 amide bonds. The molecule has 31 heavy (non-hydrogen) atoms. The van der Waals surface area contributed by atoms with Crippen molar-refractivity contribution in [2.45, 2.75) is 57.5 Å². The lowest BCUT2D eigenvalue weighted by Gasteiger charge is -2.32. The summed E-state index contributed by atoms with van der Waals surface area (Å²) in [7, 11) is -0.480. The van der Waals surface area contributed by atoms with E-state index in [9.17, 15) is 14.7 Å². The molecule has 3 rings (SSSR count). The Hall–Kier alpha value is -2.68. The molecule has 4 N–H and O–H groups in total. The van der Waals surface area contributed by atoms with Crippen LogP contribution in [0.1, 0.15) is 44.9 Å². The molecule has 1 saturated heterocycles. The van der Waals surface area contributed by atoms with Crippen LogP contribution in [0.25, 0.3) is 0 Å². The molecule has 0 bridgehead atoms. The number of amides is 2. The average Bonchev–Trinajstić information content (AvgIpc) is 2.95. The molecule has 2 atom stereocenters. The van der Waals surface area contributed by atoms with E-state index in [0.717, 1.165) is 11.0 Å². The standard InChI is InChI=1S/C23H29BN2O5/c1-22(2)23(3,4)31-24(30-22)17-12-10-15(11-13-17)14-18(20(25)28)26-21(29)19(27)16-8-6-5-7-9-16/h5-13,18-19,27H,14H2,1-4H3,(H2,25,28)(H,26,29)/t18-,19-/m0/s1.